The SMILES string of the molecule is CCOc1ccc([C@@H]2C=C(C3C(=O)N(C)C(=O)N(C)C3=O)NN2)cc1. The molecule has 1 atom stereocenters. The lowest BCUT2D eigenvalue weighted by atomic mass is 9.98. The Morgan fingerprint density at radius 2 is 1.64 bits per heavy atom. The molecule has 8 heteroatoms. The van der Waals surface area contributed by atoms with E-state index in [9.17, 15) is 14.4 Å². The molecule has 0 radical (unpaired) electrons. The summed E-state index contributed by atoms with van der Waals surface area (Å²) in [6.45, 7) is 2.51. The second kappa shape index (κ2) is 6.56. The van der Waals surface area contributed by atoms with Gasteiger partial charge in [0.15, 0.2) is 5.92 Å². The summed E-state index contributed by atoms with van der Waals surface area (Å²) in [5, 5.41) is 0. The number of rotatable bonds is 4. The third-order valence-corrected chi connectivity index (χ3v) is 4.31. The van der Waals surface area contributed by atoms with E-state index in [-0.39, 0.29) is 6.04 Å². The van der Waals surface area contributed by atoms with Gasteiger partial charge in [0.2, 0.25) is 11.8 Å². The largest absolute Gasteiger partial charge is 0.494 e. The minimum Gasteiger partial charge on any atom is -0.494 e. The summed E-state index contributed by atoms with van der Waals surface area (Å²) < 4.78 is 5.42. The van der Waals surface area contributed by atoms with E-state index < -0.39 is 23.8 Å². The van der Waals surface area contributed by atoms with Gasteiger partial charge in [-0.1, -0.05) is 12.1 Å². The van der Waals surface area contributed by atoms with Crippen molar-refractivity contribution < 1.29 is 19.1 Å². The molecule has 0 bridgehead atoms. The summed E-state index contributed by atoms with van der Waals surface area (Å²) in [4.78, 5) is 38.5. The Morgan fingerprint density at radius 1 is 1.04 bits per heavy atom. The average Bonchev–Trinajstić information content (AvgIpc) is 3.09. The van der Waals surface area contributed by atoms with Crippen LogP contribution in [0.5, 0.6) is 5.75 Å². The number of benzene rings is 1. The van der Waals surface area contributed by atoms with Crippen LogP contribution >= 0.6 is 0 Å². The van der Waals surface area contributed by atoms with Crippen LogP contribution in [0, 0.1) is 5.92 Å². The number of urea groups is 1. The number of imide groups is 2. The molecule has 1 aromatic carbocycles. The molecular weight excluding hydrogens is 324 g/mol. The van der Waals surface area contributed by atoms with Gasteiger partial charge in [0, 0.05) is 19.8 Å². The highest BCUT2D eigenvalue weighted by Crippen LogP contribution is 2.28. The summed E-state index contributed by atoms with van der Waals surface area (Å²) >= 11 is 0. The number of carbonyl (C=O) groups is 3. The lowest BCUT2D eigenvalue weighted by Crippen LogP contribution is -2.58. The van der Waals surface area contributed by atoms with Gasteiger partial charge in [-0.2, -0.15) is 0 Å². The second-order valence-electron chi connectivity index (χ2n) is 5.88. The molecule has 2 heterocycles. The maximum atomic E-state index is 12.4. The van der Waals surface area contributed by atoms with Gasteiger partial charge in [-0.15, -0.1) is 0 Å². The first-order chi connectivity index (χ1) is 11.9. The van der Waals surface area contributed by atoms with E-state index in [1.165, 1.54) is 14.1 Å². The molecule has 132 valence electrons. The van der Waals surface area contributed by atoms with Gasteiger partial charge in [-0.25, -0.2) is 10.2 Å². The number of amides is 4. The summed E-state index contributed by atoms with van der Waals surface area (Å²) in [5.41, 5.74) is 7.35. The van der Waals surface area contributed by atoms with Gasteiger partial charge >= 0.3 is 6.03 Å². The van der Waals surface area contributed by atoms with Crippen molar-refractivity contribution >= 4 is 17.8 Å². The highest BCUT2D eigenvalue weighted by Gasteiger charge is 2.45. The standard InChI is InChI=1S/C17H20N4O4/c1-4-25-11-7-5-10(6-8-11)12-9-13(19-18-12)14-15(22)20(2)17(24)21(3)16(14)23/h5-9,12,14,18-19H,4H2,1-3H3/t12-/m0/s1. The average molecular weight is 344 g/mol. The summed E-state index contributed by atoms with van der Waals surface area (Å²) in [6, 6.07) is 6.74. The lowest BCUT2D eigenvalue weighted by molar-refractivity contribution is -0.145. The van der Waals surface area contributed by atoms with E-state index >= 15 is 0 Å². The highest BCUT2D eigenvalue weighted by molar-refractivity contribution is 6.17. The molecule has 1 fully saturated rings. The number of ether oxygens (including phenoxy) is 1. The van der Waals surface area contributed by atoms with Crippen LogP contribution in [-0.4, -0.2) is 48.3 Å². The van der Waals surface area contributed by atoms with Gasteiger partial charge < -0.3 is 10.2 Å². The number of barbiturate groups is 1. The van der Waals surface area contributed by atoms with Crippen LogP contribution in [0.4, 0.5) is 4.79 Å². The van der Waals surface area contributed by atoms with Gasteiger partial charge in [0.1, 0.15) is 5.75 Å². The number of hydrazine groups is 1. The van der Waals surface area contributed by atoms with Crippen LogP contribution in [0.15, 0.2) is 36.0 Å². The quantitative estimate of drug-likeness (QED) is 0.785. The summed E-state index contributed by atoms with van der Waals surface area (Å²) in [6.07, 6.45) is 1.79. The fraction of sp³-hybridized carbons (Fsp3) is 0.353. The Labute approximate surface area is 145 Å². The van der Waals surface area contributed by atoms with Crippen LogP contribution < -0.4 is 15.6 Å². The molecule has 0 spiro atoms. The molecule has 3 rings (SSSR count). The molecule has 0 aromatic heterocycles. The Morgan fingerprint density at radius 3 is 2.20 bits per heavy atom. The Hall–Kier alpha value is -2.87. The Bertz CT molecular complexity index is 720. The zero-order valence-electron chi connectivity index (χ0n) is 14.3. The monoisotopic (exact) mass is 344 g/mol. The molecule has 0 aliphatic carbocycles. The van der Waals surface area contributed by atoms with Crippen LogP contribution in [0.2, 0.25) is 0 Å². The maximum Gasteiger partial charge on any atom is 0.332 e. The van der Waals surface area contributed by atoms with E-state index in [0.29, 0.717) is 12.3 Å². The van der Waals surface area contributed by atoms with Gasteiger partial charge in [-0.3, -0.25) is 19.4 Å². The van der Waals surface area contributed by atoms with Gasteiger partial charge in [0.25, 0.3) is 0 Å². The Balaban J connectivity index is 1.82. The fourth-order valence-corrected chi connectivity index (χ4v) is 2.88. The number of carbonyl (C=O) groups excluding carboxylic acids is 3. The van der Waals surface area contributed by atoms with E-state index in [1.54, 1.807) is 6.08 Å². The fourth-order valence-electron chi connectivity index (χ4n) is 2.88. The van der Waals surface area contributed by atoms with Crippen LogP contribution in [0.25, 0.3) is 0 Å². The molecule has 25 heavy (non-hydrogen) atoms. The molecule has 0 unspecified atom stereocenters. The van der Waals surface area contributed by atoms with Crippen molar-refractivity contribution in [2.45, 2.75) is 13.0 Å². The van der Waals surface area contributed by atoms with Crippen molar-refractivity contribution in [2.75, 3.05) is 20.7 Å². The van der Waals surface area contributed by atoms with Crippen molar-refractivity contribution in [3.05, 3.63) is 41.6 Å². The van der Waals surface area contributed by atoms with Crippen LogP contribution in [-0.2, 0) is 9.59 Å². The molecule has 2 aliphatic rings. The smallest absolute Gasteiger partial charge is 0.332 e. The zero-order valence-corrected chi connectivity index (χ0v) is 14.3. The van der Waals surface area contributed by atoms with Crippen molar-refractivity contribution in [1.82, 2.24) is 20.7 Å². The number of nitrogens with one attached hydrogen (secondary N) is 2. The molecule has 0 saturated carbocycles. The second-order valence-corrected chi connectivity index (χ2v) is 5.88. The molecule has 8 nitrogen and oxygen atoms in total. The lowest BCUT2D eigenvalue weighted by Gasteiger charge is -2.33. The summed E-state index contributed by atoms with van der Waals surface area (Å²) in [7, 11) is 2.74. The number of hydrogen-bond acceptors (Lipinski definition) is 6. The number of nitrogens with zero attached hydrogens (tertiary/aromatic N) is 2. The van der Waals surface area contributed by atoms with E-state index in [2.05, 4.69) is 10.9 Å². The molecule has 4 amide bonds. The van der Waals surface area contributed by atoms with Gasteiger partial charge in [-0.05, 0) is 30.7 Å². The van der Waals surface area contributed by atoms with Gasteiger partial charge in [0.05, 0.1) is 12.6 Å². The minimum absolute atomic E-state index is 0.195. The predicted molar refractivity (Wildman–Crippen MR) is 89.1 cm³/mol. The first-order valence-corrected chi connectivity index (χ1v) is 7.99. The summed E-state index contributed by atoms with van der Waals surface area (Å²) in [5.74, 6) is -1.35. The maximum absolute atomic E-state index is 12.4. The third kappa shape index (κ3) is 2.96. The topological polar surface area (TPSA) is 91.0 Å². The van der Waals surface area contributed by atoms with E-state index in [4.69, 9.17) is 4.74 Å². The first-order valence-electron chi connectivity index (χ1n) is 7.99. The minimum atomic E-state index is -1.05. The highest BCUT2D eigenvalue weighted by atomic mass is 16.5. The van der Waals surface area contributed by atoms with Crippen molar-refractivity contribution in [1.29, 1.82) is 0 Å². The normalized spacial score (nSPS) is 21.5. The van der Waals surface area contributed by atoms with E-state index in [0.717, 1.165) is 21.1 Å². The molecular formula is C17H20N4O4. The van der Waals surface area contributed by atoms with Crippen LogP contribution in [0.1, 0.15) is 18.5 Å². The molecule has 2 aliphatic heterocycles. The predicted octanol–water partition coefficient (Wildman–Crippen LogP) is 0.785. The molecule has 1 saturated heterocycles. The zero-order chi connectivity index (χ0) is 18.1. The van der Waals surface area contributed by atoms with Crippen molar-refractivity contribution in [3.63, 3.8) is 0 Å². The number of hydrogen-bond donors (Lipinski definition) is 2. The molecule has 2 N–H and O–H groups in total. The van der Waals surface area contributed by atoms with Crippen molar-refractivity contribution in [2.24, 2.45) is 5.92 Å². The Kier molecular flexibility index (Phi) is 4.45. The third-order valence-electron chi connectivity index (χ3n) is 4.31. The van der Waals surface area contributed by atoms with Crippen LogP contribution in [0.3, 0.4) is 0 Å². The van der Waals surface area contributed by atoms with Crippen molar-refractivity contribution in [3.8, 4) is 5.75 Å². The first kappa shape index (κ1) is 17.0. The van der Waals surface area contributed by atoms with E-state index in [1.807, 2.05) is 31.2 Å². The molecule has 1 aromatic rings.